The molecule has 4 rings (SSSR count). The van der Waals surface area contributed by atoms with Gasteiger partial charge in [-0.05, 0) is 42.9 Å². The van der Waals surface area contributed by atoms with Gasteiger partial charge in [0.25, 0.3) is 5.91 Å². The first-order chi connectivity index (χ1) is 15.1. The minimum atomic E-state index is -0.815. The number of nitrogens with zero attached hydrogens (tertiary/aromatic N) is 4. The van der Waals surface area contributed by atoms with Crippen molar-refractivity contribution in [1.29, 1.82) is 0 Å². The van der Waals surface area contributed by atoms with Gasteiger partial charge in [-0.15, -0.1) is 5.10 Å². The van der Waals surface area contributed by atoms with E-state index < -0.39 is 6.04 Å². The molecule has 2 amide bonds. The van der Waals surface area contributed by atoms with E-state index in [4.69, 9.17) is 0 Å². The summed E-state index contributed by atoms with van der Waals surface area (Å²) in [6.07, 6.45) is 7.46. The van der Waals surface area contributed by atoms with E-state index in [1.165, 1.54) is 0 Å². The van der Waals surface area contributed by atoms with Crippen LogP contribution in [0.1, 0.15) is 58.9 Å². The third kappa shape index (κ3) is 5.14. The van der Waals surface area contributed by atoms with E-state index in [-0.39, 0.29) is 30.1 Å². The highest BCUT2D eigenvalue weighted by Crippen LogP contribution is 2.27. The summed E-state index contributed by atoms with van der Waals surface area (Å²) in [4.78, 5) is 32.7. The summed E-state index contributed by atoms with van der Waals surface area (Å²) in [5.74, 6) is -0.520. The normalized spacial score (nSPS) is 14.9. The van der Waals surface area contributed by atoms with Crippen LogP contribution in [0.15, 0.2) is 54.2 Å². The second kappa shape index (κ2) is 9.78. The molecule has 2 aromatic heterocycles. The van der Waals surface area contributed by atoms with Crippen molar-refractivity contribution >= 4 is 23.3 Å². The van der Waals surface area contributed by atoms with Crippen molar-refractivity contribution in [1.82, 2.24) is 24.8 Å². The predicted molar refractivity (Wildman–Crippen MR) is 118 cm³/mol. The number of hydrogen-bond acceptors (Lipinski definition) is 6. The molecule has 1 N–H and O–H groups in total. The van der Waals surface area contributed by atoms with Gasteiger partial charge in [-0.1, -0.05) is 53.2 Å². The van der Waals surface area contributed by atoms with Crippen LogP contribution in [0, 0.1) is 6.92 Å². The van der Waals surface area contributed by atoms with Crippen molar-refractivity contribution in [3.05, 3.63) is 76.6 Å². The lowest BCUT2D eigenvalue weighted by Crippen LogP contribution is -2.46. The van der Waals surface area contributed by atoms with Gasteiger partial charge in [0.05, 0.1) is 0 Å². The van der Waals surface area contributed by atoms with Crippen LogP contribution in [-0.2, 0) is 11.3 Å². The first-order valence-corrected chi connectivity index (χ1v) is 11.3. The van der Waals surface area contributed by atoms with Crippen molar-refractivity contribution in [3.63, 3.8) is 0 Å². The standard InChI is InChI=1S/C23H25N5O2S/c1-16-8-10-17(11-9-16)14-28(23(30)20-15-31-27-26-20)21(18-5-4-12-24-13-18)22(29)25-19-6-2-3-7-19/h4-5,8-13,15,19,21H,2-3,6-7,14H2,1H3,(H,25,29)/t21-/m1/s1. The molecular weight excluding hydrogens is 410 g/mol. The smallest absolute Gasteiger partial charge is 0.276 e. The zero-order chi connectivity index (χ0) is 21.6. The first kappa shape index (κ1) is 21.1. The number of rotatable bonds is 7. The van der Waals surface area contributed by atoms with Crippen LogP contribution < -0.4 is 5.32 Å². The fraction of sp³-hybridized carbons (Fsp3) is 0.348. The molecular formula is C23H25N5O2S. The van der Waals surface area contributed by atoms with Crippen LogP contribution in [0.25, 0.3) is 0 Å². The van der Waals surface area contributed by atoms with Gasteiger partial charge in [-0.3, -0.25) is 14.6 Å². The third-order valence-corrected chi connectivity index (χ3v) is 6.08. The molecule has 0 aliphatic heterocycles. The van der Waals surface area contributed by atoms with Crippen molar-refractivity contribution in [2.45, 2.75) is 51.2 Å². The summed E-state index contributed by atoms with van der Waals surface area (Å²) in [7, 11) is 0. The number of pyridine rings is 1. The highest BCUT2D eigenvalue weighted by Gasteiger charge is 2.34. The number of hydrogen-bond donors (Lipinski definition) is 1. The average molecular weight is 436 g/mol. The Morgan fingerprint density at radius 3 is 2.61 bits per heavy atom. The Kier molecular flexibility index (Phi) is 6.66. The van der Waals surface area contributed by atoms with Crippen LogP contribution >= 0.6 is 11.5 Å². The Labute approximate surface area is 185 Å². The van der Waals surface area contributed by atoms with E-state index in [2.05, 4.69) is 19.9 Å². The van der Waals surface area contributed by atoms with Crippen molar-refractivity contribution in [2.24, 2.45) is 0 Å². The fourth-order valence-electron chi connectivity index (χ4n) is 3.94. The lowest BCUT2D eigenvalue weighted by molar-refractivity contribution is -0.126. The highest BCUT2D eigenvalue weighted by molar-refractivity contribution is 7.03. The van der Waals surface area contributed by atoms with E-state index >= 15 is 0 Å². The van der Waals surface area contributed by atoms with Gasteiger partial charge in [-0.25, -0.2) is 0 Å². The molecule has 31 heavy (non-hydrogen) atoms. The molecule has 2 heterocycles. The fourth-order valence-corrected chi connectivity index (χ4v) is 4.37. The van der Waals surface area contributed by atoms with Gasteiger partial charge in [0.2, 0.25) is 5.91 Å². The van der Waals surface area contributed by atoms with Gasteiger partial charge in [0, 0.05) is 35.9 Å². The van der Waals surface area contributed by atoms with E-state index in [1.807, 2.05) is 37.3 Å². The van der Waals surface area contributed by atoms with E-state index in [0.717, 1.165) is 48.3 Å². The predicted octanol–water partition coefficient (Wildman–Crippen LogP) is 3.68. The second-order valence-corrected chi connectivity index (χ2v) is 8.50. The van der Waals surface area contributed by atoms with Crippen LogP contribution in [0.2, 0.25) is 0 Å². The third-order valence-electron chi connectivity index (χ3n) is 5.58. The number of aryl methyl sites for hydroxylation is 1. The highest BCUT2D eigenvalue weighted by atomic mass is 32.1. The molecule has 1 saturated carbocycles. The molecule has 0 radical (unpaired) electrons. The SMILES string of the molecule is Cc1ccc(CN(C(=O)c2csnn2)[C@@H](C(=O)NC2CCCC2)c2cccnc2)cc1. The monoisotopic (exact) mass is 435 g/mol. The first-order valence-electron chi connectivity index (χ1n) is 10.5. The topological polar surface area (TPSA) is 88.1 Å². The molecule has 3 aromatic rings. The summed E-state index contributed by atoms with van der Waals surface area (Å²) < 4.78 is 3.84. The average Bonchev–Trinajstić information content (AvgIpc) is 3.49. The second-order valence-electron chi connectivity index (χ2n) is 7.89. The van der Waals surface area contributed by atoms with Crippen LogP contribution in [0.3, 0.4) is 0 Å². The maximum Gasteiger partial charge on any atom is 0.276 e. The Bertz CT molecular complexity index is 1000. The van der Waals surface area contributed by atoms with E-state index in [1.54, 1.807) is 28.7 Å². The Balaban J connectivity index is 1.71. The molecule has 0 spiro atoms. The molecule has 1 aromatic carbocycles. The van der Waals surface area contributed by atoms with Crippen LogP contribution in [-0.4, -0.2) is 37.3 Å². The Hall–Kier alpha value is -3.13. The minimum Gasteiger partial charge on any atom is -0.351 e. The number of carbonyl (C=O) groups excluding carboxylic acids is 2. The summed E-state index contributed by atoms with van der Waals surface area (Å²) in [6.45, 7) is 2.29. The largest absolute Gasteiger partial charge is 0.351 e. The molecule has 0 bridgehead atoms. The van der Waals surface area contributed by atoms with E-state index in [0.29, 0.717) is 5.56 Å². The van der Waals surface area contributed by atoms with Gasteiger partial charge in [0.1, 0.15) is 6.04 Å². The van der Waals surface area contributed by atoms with Gasteiger partial charge in [-0.2, -0.15) is 0 Å². The number of benzene rings is 1. The Morgan fingerprint density at radius 1 is 1.19 bits per heavy atom. The molecule has 0 saturated heterocycles. The summed E-state index contributed by atoms with van der Waals surface area (Å²) in [6, 6.07) is 10.9. The van der Waals surface area contributed by atoms with Crippen LogP contribution in [0.4, 0.5) is 0 Å². The summed E-state index contributed by atoms with van der Waals surface area (Å²) in [5.41, 5.74) is 2.97. The summed E-state index contributed by atoms with van der Waals surface area (Å²) >= 11 is 1.11. The van der Waals surface area contributed by atoms with E-state index in [9.17, 15) is 9.59 Å². The van der Waals surface area contributed by atoms with Crippen molar-refractivity contribution in [3.8, 4) is 0 Å². The summed E-state index contributed by atoms with van der Waals surface area (Å²) in [5, 5.41) is 8.73. The maximum atomic E-state index is 13.5. The Morgan fingerprint density at radius 2 is 1.97 bits per heavy atom. The number of aromatic nitrogens is 3. The molecule has 1 aliphatic rings. The quantitative estimate of drug-likeness (QED) is 0.612. The minimum absolute atomic E-state index is 0.143. The lowest BCUT2D eigenvalue weighted by Gasteiger charge is -2.31. The van der Waals surface area contributed by atoms with Crippen molar-refractivity contribution < 1.29 is 9.59 Å². The maximum absolute atomic E-state index is 13.5. The van der Waals surface area contributed by atoms with Gasteiger partial charge >= 0.3 is 0 Å². The van der Waals surface area contributed by atoms with Gasteiger partial charge in [0.15, 0.2) is 5.69 Å². The zero-order valence-corrected chi connectivity index (χ0v) is 18.2. The molecule has 1 atom stereocenters. The van der Waals surface area contributed by atoms with Crippen LogP contribution in [0.5, 0.6) is 0 Å². The lowest BCUT2D eigenvalue weighted by atomic mass is 10.0. The van der Waals surface area contributed by atoms with Gasteiger partial charge < -0.3 is 10.2 Å². The molecule has 8 heteroatoms. The van der Waals surface area contributed by atoms with Crippen molar-refractivity contribution in [2.75, 3.05) is 0 Å². The zero-order valence-electron chi connectivity index (χ0n) is 17.4. The molecule has 160 valence electrons. The molecule has 1 fully saturated rings. The molecule has 1 aliphatic carbocycles. The number of amides is 2. The molecule has 7 nitrogen and oxygen atoms in total. The number of nitrogens with one attached hydrogen (secondary N) is 1. The number of carbonyl (C=O) groups is 2. The molecule has 0 unspecified atom stereocenters.